The van der Waals surface area contributed by atoms with Crippen LogP contribution in [0.1, 0.15) is 31.0 Å². The largest absolute Gasteiger partial charge is 0.351 e. The second-order valence-corrected chi connectivity index (χ2v) is 6.83. The lowest BCUT2D eigenvalue weighted by Crippen LogP contribution is -2.19. The second-order valence-electron chi connectivity index (χ2n) is 5.80. The van der Waals surface area contributed by atoms with Gasteiger partial charge >= 0.3 is 0 Å². The van der Waals surface area contributed by atoms with E-state index >= 15 is 0 Å². The molecular weight excluding hydrogens is 306 g/mol. The van der Waals surface area contributed by atoms with E-state index in [9.17, 15) is 4.79 Å². The number of aryl methyl sites for hydroxylation is 1. The normalized spacial score (nSPS) is 18.2. The number of thioether (sulfide) groups is 1. The maximum atomic E-state index is 12.1. The van der Waals surface area contributed by atoms with Gasteiger partial charge in [-0.1, -0.05) is 17.7 Å². The van der Waals surface area contributed by atoms with Crippen LogP contribution in [-0.2, 0) is 4.79 Å². The summed E-state index contributed by atoms with van der Waals surface area (Å²) < 4.78 is 2.12. The van der Waals surface area contributed by atoms with Crippen molar-refractivity contribution in [1.82, 2.24) is 9.88 Å². The van der Waals surface area contributed by atoms with Crippen molar-refractivity contribution in [2.75, 3.05) is 0 Å². The van der Waals surface area contributed by atoms with E-state index in [-0.39, 0.29) is 5.91 Å². The van der Waals surface area contributed by atoms with E-state index in [1.54, 1.807) is 0 Å². The fraction of sp³-hybridized carbons (Fsp3) is 0.222. The van der Waals surface area contributed by atoms with Crippen molar-refractivity contribution in [3.05, 3.63) is 58.8 Å². The number of carbonyl (C=O) groups is 1. The molecule has 3 rings (SSSR count). The van der Waals surface area contributed by atoms with Crippen molar-refractivity contribution in [1.29, 1.82) is 0 Å². The second kappa shape index (κ2) is 6.46. The number of rotatable bonds is 3. The number of carbonyl (C=O) groups excluding carboxylic acids is 1. The Morgan fingerprint density at radius 3 is 2.61 bits per heavy atom. The van der Waals surface area contributed by atoms with Gasteiger partial charge in [-0.15, -0.1) is 0 Å². The van der Waals surface area contributed by atoms with Crippen LogP contribution in [0, 0.1) is 6.92 Å². The number of amidine groups is 1. The van der Waals surface area contributed by atoms with Gasteiger partial charge in [0.25, 0.3) is 5.91 Å². The topological polar surface area (TPSA) is 46.4 Å². The number of nitrogens with one attached hydrogen (secondary N) is 1. The molecule has 0 radical (unpaired) electrons. The van der Waals surface area contributed by atoms with Crippen LogP contribution in [0.5, 0.6) is 0 Å². The maximum Gasteiger partial charge on any atom is 0.264 e. The lowest BCUT2D eigenvalue weighted by Gasteiger charge is -2.04. The first kappa shape index (κ1) is 15.6. The number of amides is 1. The zero-order valence-electron chi connectivity index (χ0n) is 13.4. The Hall–Kier alpha value is -2.27. The van der Waals surface area contributed by atoms with Gasteiger partial charge in [-0.3, -0.25) is 4.79 Å². The summed E-state index contributed by atoms with van der Waals surface area (Å²) in [6, 6.07) is 10.3. The molecule has 0 bridgehead atoms. The fourth-order valence-corrected chi connectivity index (χ4v) is 3.05. The molecule has 0 saturated carbocycles. The zero-order valence-corrected chi connectivity index (χ0v) is 14.2. The first-order valence-electron chi connectivity index (χ1n) is 7.55. The Morgan fingerprint density at radius 1 is 1.22 bits per heavy atom. The highest BCUT2D eigenvalue weighted by Crippen LogP contribution is 2.28. The smallest absolute Gasteiger partial charge is 0.264 e. The van der Waals surface area contributed by atoms with Crippen LogP contribution < -0.4 is 5.32 Å². The molecule has 1 fully saturated rings. The summed E-state index contributed by atoms with van der Waals surface area (Å²) in [7, 11) is 0. The molecular formula is C18H19N3OS. The van der Waals surface area contributed by atoms with Gasteiger partial charge in [0.05, 0.1) is 10.6 Å². The van der Waals surface area contributed by atoms with Gasteiger partial charge < -0.3 is 9.88 Å². The van der Waals surface area contributed by atoms with Gasteiger partial charge in [0, 0.05) is 18.4 Å². The number of hydrogen-bond donors (Lipinski definition) is 1. The van der Waals surface area contributed by atoms with Gasteiger partial charge in [-0.2, -0.15) is 0 Å². The van der Waals surface area contributed by atoms with Crippen LogP contribution >= 0.6 is 11.8 Å². The molecule has 23 heavy (non-hydrogen) atoms. The summed E-state index contributed by atoms with van der Waals surface area (Å²) in [6.45, 7) is 6.29. The van der Waals surface area contributed by atoms with E-state index in [0.717, 1.165) is 11.3 Å². The Balaban J connectivity index is 1.78. The van der Waals surface area contributed by atoms with E-state index in [4.69, 9.17) is 0 Å². The summed E-state index contributed by atoms with van der Waals surface area (Å²) in [5, 5.41) is 3.43. The maximum absolute atomic E-state index is 12.1. The number of hydrogen-bond acceptors (Lipinski definition) is 3. The lowest BCUT2D eigenvalue weighted by atomic mass is 10.2. The summed E-state index contributed by atoms with van der Waals surface area (Å²) in [5.74, 6) is -0.0989. The average molecular weight is 325 g/mol. The molecule has 2 heterocycles. The third-order valence-electron chi connectivity index (χ3n) is 3.55. The summed E-state index contributed by atoms with van der Waals surface area (Å²) in [4.78, 5) is 17.2. The Morgan fingerprint density at radius 2 is 1.96 bits per heavy atom. The minimum Gasteiger partial charge on any atom is -0.351 e. The Labute approximate surface area is 140 Å². The predicted molar refractivity (Wildman–Crippen MR) is 96.8 cm³/mol. The molecule has 1 aromatic heterocycles. The van der Waals surface area contributed by atoms with Crippen molar-refractivity contribution in [2.24, 2.45) is 4.99 Å². The fourth-order valence-electron chi connectivity index (χ4n) is 2.21. The van der Waals surface area contributed by atoms with Crippen LogP contribution in [-0.4, -0.2) is 15.6 Å². The standard InChI is InChI=1S/C18H19N3OS/c1-12(2)21-9-8-14(11-21)10-16-17(22)20-18(23-16)19-15-6-4-13(3)5-7-15/h4-12H,1-3H3,(H,19,20,22)/b16-10+. The highest BCUT2D eigenvalue weighted by atomic mass is 32.2. The Bertz CT molecular complexity index is 785. The number of benzene rings is 1. The number of nitrogens with zero attached hydrogens (tertiary/aromatic N) is 2. The molecule has 1 amide bonds. The first-order valence-corrected chi connectivity index (χ1v) is 8.36. The molecule has 0 unspecified atom stereocenters. The van der Waals surface area contributed by atoms with Gasteiger partial charge in [-0.25, -0.2) is 4.99 Å². The van der Waals surface area contributed by atoms with Crippen LogP contribution in [0.4, 0.5) is 5.69 Å². The lowest BCUT2D eigenvalue weighted by molar-refractivity contribution is -0.115. The summed E-state index contributed by atoms with van der Waals surface area (Å²) in [5.41, 5.74) is 3.05. The molecule has 0 aliphatic carbocycles. The molecule has 4 nitrogen and oxygen atoms in total. The van der Waals surface area contributed by atoms with Gasteiger partial charge in [0.15, 0.2) is 5.17 Å². The molecule has 118 valence electrons. The molecule has 1 N–H and O–H groups in total. The van der Waals surface area contributed by atoms with Crippen molar-refractivity contribution in [3.8, 4) is 0 Å². The monoisotopic (exact) mass is 325 g/mol. The van der Waals surface area contributed by atoms with E-state index in [0.29, 0.717) is 16.1 Å². The summed E-state index contributed by atoms with van der Waals surface area (Å²) in [6.07, 6.45) is 5.97. The quantitative estimate of drug-likeness (QED) is 0.857. The van der Waals surface area contributed by atoms with Crippen LogP contribution in [0.25, 0.3) is 6.08 Å². The molecule has 1 aromatic carbocycles. The molecule has 0 spiro atoms. The van der Waals surface area contributed by atoms with Crippen LogP contribution in [0.2, 0.25) is 0 Å². The third-order valence-corrected chi connectivity index (χ3v) is 4.46. The van der Waals surface area contributed by atoms with E-state index in [2.05, 4.69) is 28.7 Å². The van der Waals surface area contributed by atoms with Crippen molar-refractivity contribution in [3.63, 3.8) is 0 Å². The van der Waals surface area contributed by atoms with Crippen molar-refractivity contribution in [2.45, 2.75) is 26.8 Å². The summed E-state index contributed by atoms with van der Waals surface area (Å²) >= 11 is 1.37. The zero-order chi connectivity index (χ0) is 16.4. The molecule has 2 aromatic rings. The minimum atomic E-state index is -0.0989. The van der Waals surface area contributed by atoms with Crippen molar-refractivity contribution < 1.29 is 4.79 Å². The SMILES string of the molecule is Cc1ccc(N=C2NC(=O)/C(=C\c3ccn(C(C)C)c3)S2)cc1. The van der Waals surface area contributed by atoms with Crippen molar-refractivity contribution >= 4 is 34.6 Å². The Kier molecular flexibility index (Phi) is 4.39. The van der Waals surface area contributed by atoms with Gasteiger partial charge in [0.1, 0.15) is 0 Å². The van der Waals surface area contributed by atoms with Gasteiger partial charge in [0.2, 0.25) is 0 Å². The molecule has 5 heteroatoms. The predicted octanol–water partition coefficient (Wildman–Crippen LogP) is 4.27. The molecule has 1 saturated heterocycles. The van der Waals surface area contributed by atoms with E-state index in [1.165, 1.54) is 17.3 Å². The first-order chi connectivity index (χ1) is 11.0. The molecule has 1 aliphatic rings. The van der Waals surface area contributed by atoms with E-state index in [1.807, 2.05) is 55.7 Å². The minimum absolute atomic E-state index is 0.0989. The number of aliphatic imine (C=N–C) groups is 1. The van der Waals surface area contributed by atoms with E-state index < -0.39 is 0 Å². The highest BCUT2D eigenvalue weighted by molar-refractivity contribution is 8.18. The third kappa shape index (κ3) is 3.74. The highest BCUT2D eigenvalue weighted by Gasteiger charge is 2.23. The average Bonchev–Trinajstić information content (AvgIpc) is 3.10. The van der Waals surface area contributed by atoms with Gasteiger partial charge in [-0.05, 0) is 62.4 Å². The number of aromatic nitrogens is 1. The van der Waals surface area contributed by atoms with Crippen LogP contribution in [0.15, 0.2) is 52.6 Å². The molecule has 0 atom stereocenters. The van der Waals surface area contributed by atoms with Crippen LogP contribution in [0.3, 0.4) is 0 Å². The molecule has 1 aliphatic heterocycles.